The second-order valence-electron chi connectivity index (χ2n) is 6.75. The fourth-order valence-electron chi connectivity index (χ4n) is 3.27. The zero-order valence-electron chi connectivity index (χ0n) is 16.8. The number of carbonyl (C=O) groups excluding carboxylic acids is 2. The van der Waals surface area contributed by atoms with Crippen molar-refractivity contribution in [1.29, 1.82) is 0 Å². The number of fused-ring (bicyclic) bond motifs is 2. The highest BCUT2D eigenvalue weighted by Crippen LogP contribution is 2.47. The largest absolute Gasteiger partial charge is 0.495 e. The van der Waals surface area contributed by atoms with Gasteiger partial charge in [-0.3, -0.25) is 9.69 Å². The summed E-state index contributed by atoms with van der Waals surface area (Å²) in [6, 6.07) is 18.6. The number of para-hydroxylation sites is 2. The molecule has 0 spiro atoms. The summed E-state index contributed by atoms with van der Waals surface area (Å²) < 4.78 is 33.7. The molecule has 1 aliphatic heterocycles. The standard InChI is InChI=1S/C22H18N2O6S2/c1-29-17-11-10-14(12-20(17)32(23,27)28)22(26)30-13-21(25)24-15-6-2-4-8-18(15)31-19-9-5-3-7-16(19)24/h2-12H,13H2,1H3,(H2,23,27,28). The molecule has 0 bridgehead atoms. The minimum Gasteiger partial charge on any atom is -0.495 e. The number of hydrogen-bond donors (Lipinski definition) is 1. The molecule has 0 saturated carbocycles. The van der Waals surface area contributed by atoms with E-state index in [9.17, 15) is 18.0 Å². The topological polar surface area (TPSA) is 116 Å². The van der Waals surface area contributed by atoms with Crippen molar-refractivity contribution in [3.8, 4) is 5.75 Å². The molecule has 2 N–H and O–H groups in total. The van der Waals surface area contributed by atoms with Crippen LogP contribution in [0.1, 0.15) is 10.4 Å². The average Bonchev–Trinajstić information content (AvgIpc) is 2.79. The first-order valence-electron chi connectivity index (χ1n) is 9.36. The minimum absolute atomic E-state index is 0.000780. The van der Waals surface area contributed by atoms with Gasteiger partial charge in [-0.25, -0.2) is 18.4 Å². The Balaban J connectivity index is 1.57. The van der Waals surface area contributed by atoms with E-state index in [0.717, 1.165) is 15.9 Å². The van der Waals surface area contributed by atoms with Gasteiger partial charge in [-0.15, -0.1) is 0 Å². The van der Waals surface area contributed by atoms with E-state index in [4.69, 9.17) is 14.6 Å². The number of benzene rings is 3. The van der Waals surface area contributed by atoms with Gasteiger partial charge in [0.1, 0.15) is 10.6 Å². The van der Waals surface area contributed by atoms with Gasteiger partial charge in [0.25, 0.3) is 5.91 Å². The molecular formula is C22H18N2O6S2. The Morgan fingerprint density at radius 2 is 1.56 bits per heavy atom. The minimum atomic E-state index is -4.13. The molecule has 8 nitrogen and oxygen atoms in total. The van der Waals surface area contributed by atoms with Gasteiger partial charge in [-0.1, -0.05) is 36.0 Å². The first-order valence-corrected chi connectivity index (χ1v) is 11.7. The van der Waals surface area contributed by atoms with Crippen molar-refractivity contribution in [2.75, 3.05) is 18.6 Å². The molecule has 0 unspecified atom stereocenters. The van der Waals surface area contributed by atoms with Crippen LogP contribution in [0.5, 0.6) is 5.75 Å². The summed E-state index contributed by atoms with van der Waals surface area (Å²) in [6.07, 6.45) is 0. The zero-order chi connectivity index (χ0) is 22.9. The van der Waals surface area contributed by atoms with Gasteiger partial charge >= 0.3 is 5.97 Å². The van der Waals surface area contributed by atoms with Gasteiger partial charge in [0.15, 0.2) is 6.61 Å². The predicted molar refractivity (Wildman–Crippen MR) is 119 cm³/mol. The maximum absolute atomic E-state index is 13.1. The number of rotatable bonds is 5. The Morgan fingerprint density at radius 3 is 2.12 bits per heavy atom. The number of amides is 1. The molecule has 0 atom stereocenters. The lowest BCUT2D eigenvalue weighted by Gasteiger charge is -2.30. The third-order valence-electron chi connectivity index (χ3n) is 4.71. The number of nitrogens with two attached hydrogens (primary N) is 1. The Hall–Kier alpha value is -3.34. The molecule has 3 aromatic rings. The highest BCUT2D eigenvalue weighted by atomic mass is 32.2. The van der Waals surface area contributed by atoms with Crippen molar-refractivity contribution in [2.45, 2.75) is 14.7 Å². The summed E-state index contributed by atoms with van der Waals surface area (Å²) in [5.74, 6) is -1.31. The summed E-state index contributed by atoms with van der Waals surface area (Å²) in [5, 5.41) is 5.19. The van der Waals surface area contributed by atoms with Crippen LogP contribution < -0.4 is 14.8 Å². The first kappa shape index (κ1) is 21.9. The summed E-state index contributed by atoms with van der Waals surface area (Å²) in [6.45, 7) is -0.539. The van der Waals surface area contributed by atoms with Crippen LogP contribution in [0.2, 0.25) is 0 Å². The van der Waals surface area contributed by atoms with E-state index >= 15 is 0 Å². The third-order valence-corrected chi connectivity index (χ3v) is 6.78. The number of nitrogens with zero attached hydrogens (tertiary/aromatic N) is 1. The molecule has 1 heterocycles. The van der Waals surface area contributed by atoms with Crippen molar-refractivity contribution >= 4 is 45.0 Å². The van der Waals surface area contributed by atoms with Crippen LogP contribution in [-0.4, -0.2) is 34.0 Å². The number of primary sulfonamides is 1. The number of methoxy groups -OCH3 is 1. The first-order chi connectivity index (χ1) is 15.3. The number of hydrogen-bond acceptors (Lipinski definition) is 7. The molecule has 0 aromatic heterocycles. The summed E-state index contributed by atoms with van der Waals surface area (Å²) in [4.78, 5) is 28.6. The Labute approximate surface area is 189 Å². The lowest BCUT2D eigenvalue weighted by molar-refractivity contribution is -0.121. The molecule has 3 aromatic carbocycles. The fraction of sp³-hybridized carbons (Fsp3) is 0.0909. The van der Waals surface area contributed by atoms with Crippen molar-refractivity contribution in [1.82, 2.24) is 0 Å². The predicted octanol–water partition coefficient (Wildman–Crippen LogP) is 3.33. The SMILES string of the molecule is COc1ccc(C(=O)OCC(=O)N2c3ccccc3Sc3ccccc32)cc1S(N)(=O)=O. The monoisotopic (exact) mass is 470 g/mol. The van der Waals surface area contributed by atoms with Gasteiger partial charge in [0.05, 0.1) is 24.0 Å². The van der Waals surface area contributed by atoms with Gasteiger partial charge < -0.3 is 9.47 Å². The van der Waals surface area contributed by atoms with Gasteiger partial charge in [-0.2, -0.15) is 0 Å². The second kappa shape index (κ2) is 8.65. The summed E-state index contributed by atoms with van der Waals surface area (Å²) in [7, 11) is -2.84. The van der Waals surface area contributed by atoms with Crippen LogP contribution >= 0.6 is 11.8 Å². The van der Waals surface area contributed by atoms with Crippen LogP contribution in [0.4, 0.5) is 11.4 Å². The van der Waals surface area contributed by atoms with E-state index in [0.29, 0.717) is 11.4 Å². The van der Waals surface area contributed by atoms with Crippen molar-refractivity contribution < 1.29 is 27.5 Å². The quantitative estimate of drug-likeness (QED) is 0.569. The Morgan fingerprint density at radius 1 is 0.969 bits per heavy atom. The van der Waals surface area contributed by atoms with Crippen molar-refractivity contribution in [3.05, 3.63) is 72.3 Å². The normalized spacial score (nSPS) is 12.5. The van der Waals surface area contributed by atoms with E-state index in [2.05, 4.69) is 0 Å². The smallest absolute Gasteiger partial charge is 0.338 e. The molecule has 0 fully saturated rings. The fourth-order valence-corrected chi connectivity index (χ4v) is 5.06. The molecule has 10 heteroatoms. The number of sulfonamides is 1. The van der Waals surface area contributed by atoms with Gasteiger partial charge in [0, 0.05) is 9.79 Å². The van der Waals surface area contributed by atoms with Gasteiger partial charge in [0.2, 0.25) is 10.0 Å². The van der Waals surface area contributed by atoms with E-state index in [1.807, 2.05) is 48.5 Å². The molecular weight excluding hydrogens is 452 g/mol. The molecule has 1 amide bonds. The number of anilines is 2. The van der Waals surface area contributed by atoms with Gasteiger partial charge in [-0.05, 0) is 42.5 Å². The lowest BCUT2D eigenvalue weighted by atomic mass is 10.2. The van der Waals surface area contributed by atoms with Crippen LogP contribution in [0, 0.1) is 0 Å². The molecule has 0 radical (unpaired) electrons. The lowest BCUT2D eigenvalue weighted by Crippen LogP contribution is -2.32. The highest BCUT2D eigenvalue weighted by Gasteiger charge is 2.28. The van der Waals surface area contributed by atoms with Crippen LogP contribution in [0.3, 0.4) is 0 Å². The average molecular weight is 471 g/mol. The van der Waals surface area contributed by atoms with Crippen molar-refractivity contribution in [3.63, 3.8) is 0 Å². The van der Waals surface area contributed by atoms with E-state index < -0.39 is 28.5 Å². The van der Waals surface area contributed by atoms with E-state index in [-0.39, 0.29) is 16.2 Å². The number of carbonyl (C=O) groups is 2. The number of esters is 1. The summed E-state index contributed by atoms with van der Waals surface area (Å²) >= 11 is 1.55. The molecule has 164 valence electrons. The molecule has 0 saturated heterocycles. The molecule has 0 aliphatic carbocycles. The Bertz CT molecular complexity index is 1280. The summed E-state index contributed by atoms with van der Waals surface area (Å²) in [5.41, 5.74) is 1.31. The highest BCUT2D eigenvalue weighted by molar-refractivity contribution is 7.99. The third kappa shape index (κ3) is 4.20. The van der Waals surface area contributed by atoms with Crippen LogP contribution in [0.15, 0.2) is 81.4 Å². The maximum Gasteiger partial charge on any atom is 0.338 e. The zero-order valence-corrected chi connectivity index (χ0v) is 18.5. The van der Waals surface area contributed by atoms with Crippen LogP contribution in [0.25, 0.3) is 0 Å². The van der Waals surface area contributed by atoms with Crippen molar-refractivity contribution in [2.24, 2.45) is 5.14 Å². The second-order valence-corrected chi connectivity index (χ2v) is 9.37. The molecule has 1 aliphatic rings. The van der Waals surface area contributed by atoms with Crippen LogP contribution in [-0.2, 0) is 19.6 Å². The Kier molecular flexibility index (Phi) is 5.92. The van der Waals surface area contributed by atoms with E-state index in [1.165, 1.54) is 24.1 Å². The maximum atomic E-state index is 13.1. The molecule has 32 heavy (non-hydrogen) atoms. The van der Waals surface area contributed by atoms with E-state index in [1.54, 1.807) is 11.8 Å². The molecule has 4 rings (SSSR count). The number of ether oxygens (including phenoxy) is 2.